The molecule has 0 bridgehead atoms. The summed E-state index contributed by atoms with van der Waals surface area (Å²) in [6.07, 6.45) is -4.89. The van der Waals surface area contributed by atoms with Crippen molar-refractivity contribution < 1.29 is 27.1 Å². The third kappa shape index (κ3) is 4.84. The first kappa shape index (κ1) is 19.5. The van der Waals surface area contributed by atoms with Crippen molar-refractivity contribution in [2.75, 3.05) is 13.1 Å². The van der Waals surface area contributed by atoms with Gasteiger partial charge in [0, 0.05) is 25.0 Å². The number of nitrogens with zero attached hydrogens (tertiary/aromatic N) is 1. The van der Waals surface area contributed by atoms with Crippen LogP contribution in [-0.4, -0.2) is 35.7 Å². The Morgan fingerprint density at radius 2 is 1.92 bits per heavy atom. The molecule has 8 heteroatoms. The first-order valence-corrected chi connectivity index (χ1v) is 7.98. The number of carbonyl (C=O) groups excluding carboxylic acids is 1. The summed E-state index contributed by atoms with van der Waals surface area (Å²) in [5.74, 6) is -1.70. The number of likely N-dealkylation sites (tertiary alicyclic amines) is 1. The molecule has 1 aromatic rings. The van der Waals surface area contributed by atoms with E-state index in [1.54, 1.807) is 20.8 Å². The fourth-order valence-electron chi connectivity index (χ4n) is 2.88. The SMILES string of the molecule is CC(C)(C)OC(=O)N1CC[C@@H](c2ccc(F)c(C(F)(F)F)c2)[C@H](N)C1. The van der Waals surface area contributed by atoms with Crippen LogP contribution in [0.3, 0.4) is 0 Å². The van der Waals surface area contributed by atoms with Crippen molar-refractivity contribution in [2.24, 2.45) is 5.73 Å². The van der Waals surface area contributed by atoms with Crippen molar-refractivity contribution in [1.82, 2.24) is 4.90 Å². The summed E-state index contributed by atoms with van der Waals surface area (Å²) >= 11 is 0. The first-order valence-electron chi connectivity index (χ1n) is 7.98. The van der Waals surface area contributed by atoms with Crippen molar-refractivity contribution in [1.29, 1.82) is 0 Å². The fraction of sp³-hybridized carbons (Fsp3) is 0.588. The summed E-state index contributed by atoms with van der Waals surface area (Å²) in [4.78, 5) is 13.5. The molecule has 1 heterocycles. The summed E-state index contributed by atoms with van der Waals surface area (Å²) in [6, 6.07) is 2.37. The largest absolute Gasteiger partial charge is 0.444 e. The Morgan fingerprint density at radius 3 is 2.44 bits per heavy atom. The minimum absolute atomic E-state index is 0.165. The monoisotopic (exact) mass is 362 g/mol. The van der Waals surface area contributed by atoms with E-state index in [0.717, 1.165) is 12.1 Å². The number of ether oxygens (including phenoxy) is 1. The zero-order chi connectivity index (χ0) is 19.0. The Balaban J connectivity index is 2.13. The van der Waals surface area contributed by atoms with E-state index in [4.69, 9.17) is 10.5 Å². The number of rotatable bonds is 1. The number of benzene rings is 1. The molecule has 4 nitrogen and oxygen atoms in total. The Morgan fingerprint density at radius 1 is 1.28 bits per heavy atom. The number of nitrogens with two attached hydrogens (primary N) is 1. The lowest BCUT2D eigenvalue weighted by Crippen LogP contribution is -2.50. The van der Waals surface area contributed by atoms with Gasteiger partial charge in [0.05, 0.1) is 5.56 Å². The van der Waals surface area contributed by atoms with E-state index < -0.39 is 35.3 Å². The van der Waals surface area contributed by atoms with Crippen molar-refractivity contribution in [3.05, 3.63) is 35.1 Å². The Labute approximate surface area is 143 Å². The zero-order valence-electron chi connectivity index (χ0n) is 14.4. The molecular weight excluding hydrogens is 340 g/mol. The molecule has 1 aliphatic heterocycles. The number of halogens is 4. The maximum absolute atomic E-state index is 13.4. The molecule has 1 aliphatic rings. The normalized spacial score (nSPS) is 22.0. The lowest BCUT2D eigenvalue weighted by Gasteiger charge is -2.37. The van der Waals surface area contributed by atoms with Gasteiger partial charge in [-0.3, -0.25) is 0 Å². The van der Waals surface area contributed by atoms with E-state index in [1.807, 2.05) is 0 Å². The van der Waals surface area contributed by atoms with E-state index in [1.165, 1.54) is 11.0 Å². The Kier molecular flexibility index (Phi) is 5.32. The number of amides is 1. The molecule has 1 aromatic carbocycles. The maximum Gasteiger partial charge on any atom is 0.419 e. The van der Waals surface area contributed by atoms with Crippen molar-refractivity contribution in [3.63, 3.8) is 0 Å². The molecule has 0 aromatic heterocycles. The summed E-state index contributed by atoms with van der Waals surface area (Å²) in [5.41, 5.74) is 4.46. The summed E-state index contributed by atoms with van der Waals surface area (Å²) in [7, 11) is 0. The molecule has 2 atom stereocenters. The van der Waals surface area contributed by atoms with Crippen LogP contribution < -0.4 is 5.73 Å². The topological polar surface area (TPSA) is 55.6 Å². The second-order valence-electron chi connectivity index (χ2n) is 7.22. The number of carbonyl (C=O) groups is 1. The molecule has 1 fully saturated rings. The van der Waals surface area contributed by atoms with Gasteiger partial charge >= 0.3 is 12.3 Å². The molecule has 0 saturated carbocycles. The van der Waals surface area contributed by atoms with Gasteiger partial charge in [-0.05, 0) is 44.9 Å². The van der Waals surface area contributed by atoms with E-state index in [9.17, 15) is 22.4 Å². The van der Waals surface area contributed by atoms with Crippen molar-refractivity contribution in [3.8, 4) is 0 Å². The van der Waals surface area contributed by atoms with Crippen LogP contribution in [0, 0.1) is 5.82 Å². The summed E-state index contributed by atoms with van der Waals surface area (Å²) < 4.78 is 57.3. The average molecular weight is 362 g/mol. The van der Waals surface area contributed by atoms with Crippen LogP contribution >= 0.6 is 0 Å². The molecule has 25 heavy (non-hydrogen) atoms. The lowest BCUT2D eigenvalue weighted by molar-refractivity contribution is -0.140. The second-order valence-corrected chi connectivity index (χ2v) is 7.22. The van der Waals surface area contributed by atoms with E-state index in [-0.39, 0.29) is 12.5 Å². The predicted molar refractivity (Wildman–Crippen MR) is 84.5 cm³/mol. The average Bonchev–Trinajstić information content (AvgIpc) is 2.45. The highest BCUT2D eigenvalue weighted by molar-refractivity contribution is 5.68. The van der Waals surface area contributed by atoms with Crippen LogP contribution in [-0.2, 0) is 10.9 Å². The van der Waals surface area contributed by atoms with Gasteiger partial charge in [0.2, 0.25) is 0 Å². The fourth-order valence-corrected chi connectivity index (χ4v) is 2.88. The van der Waals surface area contributed by atoms with Crippen molar-refractivity contribution >= 4 is 6.09 Å². The quantitative estimate of drug-likeness (QED) is 0.771. The third-order valence-corrected chi connectivity index (χ3v) is 4.03. The minimum atomic E-state index is -4.76. The molecule has 1 amide bonds. The highest BCUT2D eigenvalue weighted by Gasteiger charge is 2.37. The molecule has 2 rings (SSSR count). The van der Waals surface area contributed by atoms with Crippen LogP contribution in [0.2, 0.25) is 0 Å². The smallest absolute Gasteiger partial charge is 0.419 e. The highest BCUT2D eigenvalue weighted by atomic mass is 19.4. The molecular formula is C17H22F4N2O2. The Hall–Kier alpha value is -1.83. The number of hydrogen-bond donors (Lipinski definition) is 1. The molecule has 0 aliphatic carbocycles. The molecule has 2 N–H and O–H groups in total. The van der Waals surface area contributed by atoms with Gasteiger partial charge in [-0.15, -0.1) is 0 Å². The number of hydrogen-bond acceptors (Lipinski definition) is 3. The third-order valence-electron chi connectivity index (χ3n) is 4.03. The molecule has 0 spiro atoms. The lowest BCUT2D eigenvalue weighted by atomic mass is 9.85. The van der Waals surface area contributed by atoms with Crippen LogP contribution in [0.15, 0.2) is 18.2 Å². The summed E-state index contributed by atoms with van der Waals surface area (Å²) in [6.45, 7) is 5.71. The predicted octanol–water partition coefficient (Wildman–Crippen LogP) is 3.90. The number of piperidine rings is 1. The van der Waals surface area contributed by atoms with E-state index in [0.29, 0.717) is 18.5 Å². The molecule has 0 radical (unpaired) electrons. The maximum atomic E-state index is 13.4. The van der Waals surface area contributed by atoms with E-state index >= 15 is 0 Å². The molecule has 1 saturated heterocycles. The molecule has 0 unspecified atom stereocenters. The zero-order valence-corrected chi connectivity index (χ0v) is 14.4. The molecule has 140 valence electrons. The second kappa shape index (κ2) is 6.82. The minimum Gasteiger partial charge on any atom is -0.444 e. The van der Waals surface area contributed by atoms with Gasteiger partial charge in [-0.1, -0.05) is 6.07 Å². The van der Waals surface area contributed by atoms with Gasteiger partial charge in [0.15, 0.2) is 0 Å². The summed E-state index contributed by atoms with van der Waals surface area (Å²) in [5, 5.41) is 0. The van der Waals surface area contributed by atoms with Crippen LogP contribution in [0.25, 0.3) is 0 Å². The van der Waals surface area contributed by atoms with Gasteiger partial charge < -0.3 is 15.4 Å². The van der Waals surface area contributed by atoms with Crippen molar-refractivity contribution in [2.45, 2.75) is 50.9 Å². The van der Waals surface area contributed by atoms with Crippen LogP contribution in [0.1, 0.15) is 44.2 Å². The van der Waals surface area contributed by atoms with Gasteiger partial charge in [-0.2, -0.15) is 13.2 Å². The standard InChI is InChI=1S/C17H22F4N2O2/c1-16(2,3)25-15(24)23-7-6-11(14(22)9-23)10-4-5-13(18)12(8-10)17(19,20)21/h4-5,8,11,14H,6-7,9,22H2,1-3H3/t11-,14+/m0/s1. The van der Waals surface area contributed by atoms with Gasteiger partial charge in [0.25, 0.3) is 0 Å². The van der Waals surface area contributed by atoms with Crippen LogP contribution in [0.5, 0.6) is 0 Å². The highest BCUT2D eigenvalue weighted by Crippen LogP contribution is 2.35. The van der Waals surface area contributed by atoms with Crippen LogP contribution in [0.4, 0.5) is 22.4 Å². The van der Waals surface area contributed by atoms with Gasteiger partial charge in [0.1, 0.15) is 11.4 Å². The Bertz CT molecular complexity index is 641. The van der Waals surface area contributed by atoms with Gasteiger partial charge in [-0.25, -0.2) is 9.18 Å². The van der Waals surface area contributed by atoms with E-state index in [2.05, 4.69) is 0 Å². The number of alkyl halides is 3. The first-order chi connectivity index (χ1) is 11.4.